The third-order valence-electron chi connectivity index (χ3n) is 5.08. The second kappa shape index (κ2) is 7.58. The summed E-state index contributed by atoms with van der Waals surface area (Å²) in [7, 11) is 0. The van der Waals surface area contributed by atoms with Crippen LogP contribution < -0.4 is 0 Å². The fourth-order valence-corrected chi connectivity index (χ4v) is 3.96. The average Bonchev–Trinajstić information content (AvgIpc) is 2.53. The number of benzene rings is 1. The fraction of sp³-hybridized carbons (Fsp3) is 0.684. The van der Waals surface area contributed by atoms with Crippen molar-refractivity contribution in [1.29, 1.82) is 0 Å². The third-order valence-corrected chi connectivity index (χ3v) is 5.08. The van der Waals surface area contributed by atoms with Crippen LogP contribution in [0.2, 0.25) is 0 Å². The van der Waals surface area contributed by atoms with Crippen molar-refractivity contribution in [3.05, 3.63) is 35.9 Å². The molecular formula is C19H30N2O. The quantitative estimate of drug-likeness (QED) is 0.850. The first-order valence-corrected chi connectivity index (χ1v) is 8.86. The Balaban J connectivity index is 1.42. The molecule has 0 N–H and O–H groups in total. The Labute approximate surface area is 135 Å². The molecule has 2 aliphatic rings. The Morgan fingerprint density at radius 2 is 1.64 bits per heavy atom. The number of rotatable bonds is 4. The number of hydrogen-bond donors (Lipinski definition) is 0. The van der Waals surface area contributed by atoms with E-state index in [1.807, 2.05) is 0 Å². The van der Waals surface area contributed by atoms with E-state index >= 15 is 0 Å². The number of nitrogens with zero attached hydrogens (tertiary/aromatic N) is 2. The highest BCUT2D eigenvalue weighted by molar-refractivity contribution is 5.14. The van der Waals surface area contributed by atoms with E-state index in [9.17, 15) is 0 Å². The normalized spacial score (nSPS) is 28.8. The predicted molar refractivity (Wildman–Crippen MR) is 91.2 cm³/mol. The van der Waals surface area contributed by atoms with E-state index in [0.29, 0.717) is 12.2 Å². The maximum absolute atomic E-state index is 5.86. The van der Waals surface area contributed by atoms with Crippen LogP contribution in [0, 0.1) is 0 Å². The second-order valence-corrected chi connectivity index (χ2v) is 7.02. The molecular weight excluding hydrogens is 272 g/mol. The summed E-state index contributed by atoms with van der Waals surface area (Å²) in [6.07, 6.45) is 4.58. The van der Waals surface area contributed by atoms with Crippen LogP contribution in [-0.2, 0) is 11.2 Å². The van der Waals surface area contributed by atoms with Gasteiger partial charge in [0.2, 0.25) is 0 Å². The Bertz CT molecular complexity index is 432. The zero-order chi connectivity index (χ0) is 15.4. The van der Waals surface area contributed by atoms with Crippen molar-refractivity contribution in [2.75, 3.05) is 32.7 Å². The first kappa shape index (κ1) is 16.0. The molecule has 0 unspecified atom stereocenters. The molecule has 1 aromatic rings. The van der Waals surface area contributed by atoms with Gasteiger partial charge >= 0.3 is 0 Å². The van der Waals surface area contributed by atoms with Crippen molar-refractivity contribution in [1.82, 2.24) is 9.80 Å². The van der Waals surface area contributed by atoms with Crippen molar-refractivity contribution in [2.45, 2.75) is 51.4 Å². The van der Waals surface area contributed by atoms with Crippen molar-refractivity contribution >= 4 is 0 Å². The van der Waals surface area contributed by atoms with E-state index in [2.05, 4.69) is 54.0 Å². The summed E-state index contributed by atoms with van der Waals surface area (Å²) in [6, 6.07) is 11.6. The highest BCUT2D eigenvalue weighted by Crippen LogP contribution is 2.21. The highest BCUT2D eigenvalue weighted by Gasteiger charge is 2.30. The van der Waals surface area contributed by atoms with Gasteiger partial charge in [0.1, 0.15) is 0 Å². The van der Waals surface area contributed by atoms with E-state index < -0.39 is 0 Å². The molecule has 0 spiro atoms. The van der Waals surface area contributed by atoms with Crippen LogP contribution in [0.1, 0.15) is 32.3 Å². The summed E-state index contributed by atoms with van der Waals surface area (Å²) in [5, 5.41) is 0. The van der Waals surface area contributed by atoms with E-state index in [0.717, 1.165) is 19.1 Å². The van der Waals surface area contributed by atoms with Crippen LogP contribution in [0.4, 0.5) is 0 Å². The molecule has 0 saturated carbocycles. The fourth-order valence-electron chi connectivity index (χ4n) is 3.96. The zero-order valence-electron chi connectivity index (χ0n) is 14.1. The molecule has 2 atom stereocenters. The molecule has 2 aliphatic heterocycles. The van der Waals surface area contributed by atoms with Gasteiger partial charge in [0.25, 0.3) is 0 Å². The molecule has 0 aliphatic carbocycles. The van der Waals surface area contributed by atoms with Crippen LogP contribution in [0.5, 0.6) is 0 Å². The predicted octanol–water partition coefficient (Wildman–Crippen LogP) is 2.80. The molecule has 3 rings (SSSR count). The van der Waals surface area contributed by atoms with Gasteiger partial charge in [0, 0.05) is 25.7 Å². The van der Waals surface area contributed by atoms with Gasteiger partial charge in [-0.25, -0.2) is 0 Å². The van der Waals surface area contributed by atoms with Gasteiger partial charge in [-0.2, -0.15) is 0 Å². The van der Waals surface area contributed by atoms with Crippen molar-refractivity contribution in [3.8, 4) is 0 Å². The maximum atomic E-state index is 5.86. The standard InChI is InChI=1S/C19H30N2O/c1-16-14-21(15-17(2)22-16)19-9-12-20(13-10-19)11-8-18-6-4-3-5-7-18/h3-7,16-17,19H,8-15H2,1-2H3/t16-,17+. The van der Waals surface area contributed by atoms with Crippen molar-refractivity contribution < 1.29 is 4.74 Å². The van der Waals surface area contributed by atoms with Gasteiger partial charge in [-0.05, 0) is 51.8 Å². The first-order chi connectivity index (χ1) is 10.7. The molecule has 3 heteroatoms. The van der Waals surface area contributed by atoms with Crippen LogP contribution in [0.25, 0.3) is 0 Å². The third kappa shape index (κ3) is 4.31. The Kier molecular flexibility index (Phi) is 5.51. The van der Waals surface area contributed by atoms with Crippen LogP contribution in [0.3, 0.4) is 0 Å². The van der Waals surface area contributed by atoms with Gasteiger partial charge in [-0.1, -0.05) is 30.3 Å². The SMILES string of the molecule is C[C@@H]1CN(C2CCN(CCc3ccccc3)CC2)C[C@H](C)O1. The average molecular weight is 302 g/mol. The van der Waals surface area contributed by atoms with Gasteiger partial charge in [0.05, 0.1) is 12.2 Å². The Hall–Kier alpha value is -0.900. The van der Waals surface area contributed by atoms with Gasteiger partial charge in [-0.3, -0.25) is 4.90 Å². The Morgan fingerprint density at radius 1 is 1.00 bits per heavy atom. The lowest BCUT2D eigenvalue weighted by atomic mass is 10.0. The number of hydrogen-bond acceptors (Lipinski definition) is 3. The molecule has 22 heavy (non-hydrogen) atoms. The minimum Gasteiger partial charge on any atom is -0.373 e. The van der Waals surface area contributed by atoms with Gasteiger partial charge in [0.15, 0.2) is 0 Å². The van der Waals surface area contributed by atoms with E-state index in [-0.39, 0.29) is 0 Å². The molecule has 122 valence electrons. The first-order valence-electron chi connectivity index (χ1n) is 8.86. The number of ether oxygens (including phenoxy) is 1. The molecule has 3 nitrogen and oxygen atoms in total. The lowest BCUT2D eigenvalue weighted by Crippen LogP contribution is -2.53. The van der Waals surface area contributed by atoms with E-state index in [4.69, 9.17) is 4.74 Å². The van der Waals surface area contributed by atoms with Gasteiger partial charge < -0.3 is 9.64 Å². The molecule has 1 aromatic carbocycles. The molecule has 2 saturated heterocycles. The molecule has 0 amide bonds. The lowest BCUT2D eigenvalue weighted by molar-refractivity contribution is -0.0863. The van der Waals surface area contributed by atoms with Gasteiger partial charge in [-0.15, -0.1) is 0 Å². The monoisotopic (exact) mass is 302 g/mol. The summed E-state index contributed by atoms with van der Waals surface area (Å²) < 4.78 is 5.86. The zero-order valence-corrected chi connectivity index (χ0v) is 14.1. The molecule has 0 bridgehead atoms. The summed E-state index contributed by atoms with van der Waals surface area (Å²) >= 11 is 0. The number of piperidine rings is 1. The summed E-state index contributed by atoms with van der Waals surface area (Å²) in [6.45, 7) is 10.3. The molecule has 0 aromatic heterocycles. The summed E-state index contributed by atoms with van der Waals surface area (Å²) in [5.74, 6) is 0. The number of morpholine rings is 1. The minimum absolute atomic E-state index is 0.389. The Morgan fingerprint density at radius 3 is 2.27 bits per heavy atom. The summed E-state index contributed by atoms with van der Waals surface area (Å²) in [4.78, 5) is 5.31. The smallest absolute Gasteiger partial charge is 0.0678 e. The highest BCUT2D eigenvalue weighted by atomic mass is 16.5. The van der Waals surface area contributed by atoms with Crippen LogP contribution >= 0.6 is 0 Å². The minimum atomic E-state index is 0.389. The molecule has 0 radical (unpaired) electrons. The summed E-state index contributed by atoms with van der Waals surface area (Å²) in [5.41, 5.74) is 1.46. The largest absolute Gasteiger partial charge is 0.373 e. The lowest BCUT2D eigenvalue weighted by Gasteiger charge is -2.43. The molecule has 2 fully saturated rings. The van der Waals surface area contributed by atoms with Crippen molar-refractivity contribution in [2.24, 2.45) is 0 Å². The van der Waals surface area contributed by atoms with Crippen LogP contribution in [0.15, 0.2) is 30.3 Å². The van der Waals surface area contributed by atoms with E-state index in [1.54, 1.807) is 0 Å². The van der Waals surface area contributed by atoms with Crippen LogP contribution in [-0.4, -0.2) is 60.8 Å². The second-order valence-electron chi connectivity index (χ2n) is 7.02. The topological polar surface area (TPSA) is 15.7 Å². The molecule has 2 heterocycles. The van der Waals surface area contributed by atoms with Crippen molar-refractivity contribution in [3.63, 3.8) is 0 Å². The number of likely N-dealkylation sites (tertiary alicyclic amines) is 1. The maximum Gasteiger partial charge on any atom is 0.0678 e. The van der Waals surface area contributed by atoms with E-state index in [1.165, 1.54) is 44.5 Å².